The zero-order valence-corrected chi connectivity index (χ0v) is 10.4. The van der Waals surface area contributed by atoms with Gasteiger partial charge in [-0.1, -0.05) is 0 Å². The summed E-state index contributed by atoms with van der Waals surface area (Å²) in [6.07, 6.45) is 5.03. The number of carbonyl (C=O) groups is 1. The molecule has 0 radical (unpaired) electrons. The molecule has 1 fully saturated rings. The van der Waals surface area contributed by atoms with Gasteiger partial charge in [-0.2, -0.15) is 5.10 Å². The lowest BCUT2D eigenvalue weighted by Gasteiger charge is -2.26. The van der Waals surface area contributed by atoms with Crippen molar-refractivity contribution in [2.75, 3.05) is 18.5 Å². The highest BCUT2D eigenvalue weighted by Gasteiger charge is 2.47. The summed E-state index contributed by atoms with van der Waals surface area (Å²) in [5.74, 6) is -0.258. The molecule has 19 heavy (non-hydrogen) atoms. The summed E-state index contributed by atoms with van der Waals surface area (Å²) in [6.45, 7) is 2.22. The number of hydrogen-bond donors (Lipinski definition) is 2. The van der Waals surface area contributed by atoms with Crippen molar-refractivity contribution in [3.05, 3.63) is 24.7 Å². The fourth-order valence-electron chi connectivity index (χ4n) is 2.22. The van der Waals surface area contributed by atoms with Crippen LogP contribution in [0.1, 0.15) is 6.92 Å². The van der Waals surface area contributed by atoms with Crippen molar-refractivity contribution in [2.24, 2.45) is 5.41 Å². The SMILES string of the molecule is CC1(C(=O)O)COCC1Nc1nccn2nccc12. The van der Waals surface area contributed by atoms with Crippen molar-refractivity contribution in [1.82, 2.24) is 14.6 Å². The van der Waals surface area contributed by atoms with Gasteiger partial charge in [-0.15, -0.1) is 0 Å². The van der Waals surface area contributed by atoms with E-state index in [4.69, 9.17) is 4.74 Å². The number of fused-ring (bicyclic) bond motifs is 1. The second kappa shape index (κ2) is 4.20. The average Bonchev–Trinajstić information content (AvgIpc) is 2.98. The fraction of sp³-hybridized carbons (Fsp3) is 0.417. The Morgan fingerprint density at radius 3 is 3.26 bits per heavy atom. The van der Waals surface area contributed by atoms with Crippen molar-refractivity contribution in [3.63, 3.8) is 0 Å². The summed E-state index contributed by atoms with van der Waals surface area (Å²) in [4.78, 5) is 15.6. The van der Waals surface area contributed by atoms with Crippen LogP contribution < -0.4 is 5.32 Å². The molecule has 0 aromatic carbocycles. The molecule has 2 aromatic heterocycles. The first-order chi connectivity index (χ1) is 9.11. The highest BCUT2D eigenvalue weighted by atomic mass is 16.5. The lowest BCUT2D eigenvalue weighted by molar-refractivity contribution is -0.148. The molecule has 0 amide bonds. The number of aliphatic carboxylic acids is 1. The number of nitrogens with one attached hydrogen (secondary N) is 1. The molecule has 0 spiro atoms. The predicted octanol–water partition coefficient (Wildman–Crippen LogP) is 0.631. The molecule has 1 aliphatic heterocycles. The van der Waals surface area contributed by atoms with Crippen LogP contribution in [-0.4, -0.2) is 44.9 Å². The largest absolute Gasteiger partial charge is 0.481 e. The van der Waals surface area contributed by atoms with Gasteiger partial charge in [-0.05, 0) is 13.0 Å². The van der Waals surface area contributed by atoms with E-state index in [2.05, 4.69) is 15.4 Å². The van der Waals surface area contributed by atoms with E-state index in [-0.39, 0.29) is 12.6 Å². The van der Waals surface area contributed by atoms with Gasteiger partial charge >= 0.3 is 5.97 Å². The van der Waals surface area contributed by atoms with Crippen LogP contribution in [0.4, 0.5) is 5.82 Å². The van der Waals surface area contributed by atoms with Gasteiger partial charge < -0.3 is 15.2 Å². The first kappa shape index (κ1) is 11.9. The molecule has 1 saturated heterocycles. The second-order valence-corrected chi connectivity index (χ2v) is 4.87. The molecule has 0 bridgehead atoms. The van der Waals surface area contributed by atoms with Crippen LogP contribution in [0.25, 0.3) is 5.52 Å². The van der Waals surface area contributed by atoms with Crippen molar-refractivity contribution in [1.29, 1.82) is 0 Å². The number of hydrogen-bond acceptors (Lipinski definition) is 5. The van der Waals surface area contributed by atoms with Crippen LogP contribution in [0.15, 0.2) is 24.7 Å². The zero-order valence-electron chi connectivity index (χ0n) is 10.4. The third kappa shape index (κ3) is 1.82. The molecule has 3 heterocycles. The quantitative estimate of drug-likeness (QED) is 0.843. The van der Waals surface area contributed by atoms with Crippen LogP contribution in [0, 0.1) is 5.41 Å². The smallest absolute Gasteiger partial charge is 0.313 e. The Labute approximate surface area is 109 Å². The zero-order chi connectivity index (χ0) is 13.5. The lowest BCUT2D eigenvalue weighted by Crippen LogP contribution is -2.43. The van der Waals surface area contributed by atoms with Gasteiger partial charge in [-0.25, -0.2) is 9.50 Å². The van der Waals surface area contributed by atoms with Gasteiger partial charge in [0.25, 0.3) is 0 Å². The standard InChI is InChI=1S/C12H14N4O3/c1-12(11(17)18)7-19-6-9(12)15-10-8-2-3-14-16(8)5-4-13-10/h2-5,9H,6-7H2,1H3,(H,13,15)(H,17,18). The van der Waals surface area contributed by atoms with E-state index >= 15 is 0 Å². The summed E-state index contributed by atoms with van der Waals surface area (Å²) in [5.41, 5.74) is -0.142. The van der Waals surface area contributed by atoms with Gasteiger partial charge in [0.15, 0.2) is 5.82 Å². The maximum atomic E-state index is 11.4. The Morgan fingerprint density at radius 1 is 1.63 bits per heavy atom. The number of nitrogens with zero attached hydrogens (tertiary/aromatic N) is 3. The lowest BCUT2D eigenvalue weighted by atomic mass is 9.85. The molecule has 2 N–H and O–H groups in total. The summed E-state index contributed by atoms with van der Waals surface area (Å²) in [6, 6.07) is 1.50. The number of anilines is 1. The molecule has 2 unspecified atom stereocenters. The highest BCUT2D eigenvalue weighted by molar-refractivity contribution is 5.77. The van der Waals surface area contributed by atoms with Crippen molar-refractivity contribution in [2.45, 2.75) is 13.0 Å². The number of ether oxygens (including phenoxy) is 1. The maximum absolute atomic E-state index is 11.4. The van der Waals surface area contributed by atoms with Crippen molar-refractivity contribution in [3.8, 4) is 0 Å². The van der Waals surface area contributed by atoms with E-state index in [1.54, 1.807) is 30.0 Å². The van der Waals surface area contributed by atoms with Crippen LogP contribution >= 0.6 is 0 Å². The molecule has 1 aliphatic rings. The third-order valence-corrected chi connectivity index (χ3v) is 3.58. The topological polar surface area (TPSA) is 88.8 Å². The summed E-state index contributed by atoms with van der Waals surface area (Å²) in [7, 11) is 0. The summed E-state index contributed by atoms with van der Waals surface area (Å²) < 4.78 is 6.99. The second-order valence-electron chi connectivity index (χ2n) is 4.87. The molecular formula is C12H14N4O3. The van der Waals surface area contributed by atoms with Gasteiger partial charge in [0, 0.05) is 12.4 Å². The van der Waals surface area contributed by atoms with E-state index in [1.165, 1.54) is 0 Å². The number of aromatic nitrogens is 3. The molecule has 7 heteroatoms. The van der Waals surface area contributed by atoms with E-state index < -0.39 is 11.4 Å². The Morgan fingerprint density at radius 2 is 2.47 bits per heavy atom. The van der Waals surface area contributed by atoms with E-state index in [0.29, 0.717) is 12.4 Å². The minimum absolute atomic E-state index is 0.197. The Balaban J connectivity index is 1.93. The normalized spacial score (nSPS) is 26.7. The maximum Gasteiger partial charge on any atom is 0.313 e. The molecule has 2 aromatic rings. The molecular weight excluding hydrogens is 248 g/mol. The number of carboxylic acids is 1. The molecule has 0 saturated carbocycles. The molecule has 100 valence electrons. The molecule has 0 aliphatic carbocycles. The van der Waals surface area contributed by atoms with Gasteiger partial charge in [0.05, 0.1) is 25.5 Å². The fourth-order valence-corrected chi connectivity index (χ4v) is 2.22. The van der Waals surface area contributed by atoms with Gasteiger partial charge in [-0.3, -0.25) is 4.79 Å². The van der Waals surface area contributed by atoms with Crippen molar-refractivity contribution >= 4 is 17.3 Å². The Kier molecular flexibility index (Phi) is 2.63. The monoisotopic (exact) mass is 262 g/mol. The van der Waals surface area contributed by atoms with E-state index in [9.17, 15) is 9.90 Å². The van der Waals surface area contributed by atoms with Crippen LogP contribution in [-0.2, 0) is 9.53 Å². The van der Waals surface area contributed by atoms with Crippen LogP contribution in [0.5, 0.6) is 0 Å². The minimum Gasteiger partial charge on any atom is -0.481 e. The molecule has 2 atom stereocenters. The van der Waals surface area contributed by atoms with Crippen LogP contribution in [0.3, 0.4) is 0 Å². The van der Waals surface area contributed by atoms with Crippen LogP contribution in [0.2, 0.25) is 0 Å². The molecule has 7 nitrogen and oxygen atoms in total. The Hall–Kier alpha value is -2.15. The van der Waals surface area contributed by atoms with Crippen molar-refractivity contribution < 1.29 is 14.6 Å². The minimum atomic E-state index is -0.950. The number of carboxylic acid groups (broad SMARTS) is 1. The third-order valence-electron chi connectivity index (χ3n) is 3.58. The van der Waals surface area contributed by atoms with Gasteiger partial charge in [0.2, 0.25) is 0 Å². The number of rotatable bonds is 3. The van der Waals surface area contributed by atoms with Gasteiger partial charge in [0.1, 0.15) is 10.9 Å². The average molecular weight is 262 g/mol. The Bertz CT molecular complexity index is 626. The predicted molar refractivity (Wildman–Crippen MR) is 67.0 cm³/mol. The first-order valence-corrected chi connectivity index (χ1v) is 5.97. The first-order valence-electron chi connectivity index (χ1n) is 5.97. The highest BCUT2D eigenvalue weighted by Crippen LogP contribution is 2.31. The van der Waals surface area contributed by atoms with E-state index in [1.807, 2.05) is 6.07 Å². The van der Waals surface area contributed by atoms with E-state index in [0.717, 1.165) is 5.52 Å². The summed E-state index contributed by atoms with van der Waals surface area (Å²) >= 11 is 0. The molecule has 3 rings (SSSR count). The summed E-state index contributed by atoms with van der Waals surface area (Å²) in [5, 5.41) is 16.6.